The van der Waals surface area contributed by atoms with Gasteiger partial charge < -0.3 is 19.6 Å². The number of amides is 2. The van der Waals surface area contributed by atoms with Gasteiger partial charge in [0.25, 0.3) is 0 Å². The van der Waals surface area contributed by atoms with Crippen molar-refractivity contribution in [1.82, 2.24) is 15.0 Å². The normalized spacial score (nSPS) is 14.2. The molecule has 0 saturated carbocycles. The number of urea groups is 1. The molecule has 4 rings (SSSR count). The highest BCUT2D eigenvalue weighted by Gasteiger charge is 2.22. The Labute approximate surface area is 174 Å². The summed E-state index contributed by atoms with van der Waals surface area (Å²) in [7, 11) is 0. The molecule has 0 aliphatic carbocycles. The quantitative estimate of drug-likeness (QED) is 0.693. The summed E-state index contributed by atoms with van der Waals surface area (Å²) in [4.78, 5) is 20.9. The van der Waals surface area contributed by atoms with Crippen molar-refractivity contribution >= 4 is 29.0 Å². The van der Waals surface area contributed by atoms with Crippen LogP contribution in [0.15, 0.2) is 47.0 Å². The lowest BCUT2D eigenvalue weighted by Gasteiger charge is -2.36. The maximum Gasteiger partial charge on any atom is 0.322 e. The zero-order valence-electron chi connectivity index (χ0n) is 16.4. The molecule has 1 aromatic heterocycles. The number of nitrogens with zero attached hydrogens (tertiary/aromatic N) is 4. The summed E-state index contributed by atoms with van der Waals surface area (Å²) in [5.74, 6) is 1.13. The van der Waals surface area contributed by atoms with Gasteiger partial charge in [-0.3, -0.25) is 0 Å². The minimum atomic E-state index is -0.127. The third kappa shape index (κ3) is 4.35. The first kappa shape index (κ1) is 19.3. The Bertz CT molecular complexity index is 1010. The molecule has 1 aliphatic heterocycles. The number of aromatic nitrogens is 2. The fourth-order valence-corrected chi connectivity index (χ4v) is 3.60. The van der Waals surface area contributed by atoms with E-state index in [9.17, 15) is 4.79 Å². The molecule has 1 fully saturated rings. The van der Waals surface area contributed by atoms with Crippen LogP contribution in [0.3, 0.4) is 0 Å². The smallest absolute Gasteiger partial charge is 0.322 e. The van der Waals surface area contributed by atoms with Gasteiger partial charge in [0.15, 0.2) is 0 Å². The number of benzene rings is 2. The SMILES string of the molecule is Cc1ccc(NC(=O)N2CCN(c3ccc(-c4noc(C)n4)cc3)CC2)c(Cl)c1. The number of halogens is 1. The molecule has 2 heterocycles. The minimum Gasteiger partial charge on any atom is -0.368 e. The van der Waals surface area contributed by atoms with Gasteiger partial charge in [-0.25, -0.2) is 4.79 Å². The molecule has 3 aromatic rings. The van der Waals surface area contributed by atoms with E-state index in [1.54, 1.807) is 6.92 Å². The van der Waals surface area contributed by atoms with E-state index >= 15 is 0 Å². The van der Waals surface area contributed by atoms with E-state index in [-0.39, 0.29) is 6.03 Å². The second-order valence-corrected chi connectivity index (χ2v) is 7.48. The Morgan fingerprint density at radius 2 is 1.79 bits per heavy atom. The van der Waals surface area contributed by atoms with E-state index in [2.05, 4.69) is 20.4 Å². The second kappa shape index (κ2) is 8.13. The number of nitrogens with one attached hydrogen (secondary N) is 1. The van der Waals surface area contributed by atoms with Crippen LogP contribution in [-0.2, 0) is 0 Å². The number of aryl methyl sites for hydroxylation is 2. The molecule has 1 aliphatic rings. The summed E-state index contributed by atoms with van der Waals surface area (Å²) in [6.07, 6.45) is 0. The van der Waals surface area contributed by atoms with Crippen LogP contribution in [0.5, 0.6) is 0 Å². The van der Waals surface area contributed by atoms with Gasteiger partial charge in [-0.1, -0.05) is 22.8 Å². The van der Waals surface area contributed by atoms with Crippen LogP contribution in [0.25, 0.3) is 11.4 Å². The Morgan fingerprint density at radius 3 is 2.41 bits per heavy atom. The first-order valence-corrected chi connectivity index (χ1v) is 9.85. The summed E-state index contributed by atoms with van der Waals surface area (Å²) < 4.78 is 5.03. The molecule has 150 valence electrons. The molecule has 1 saturated heterocycles. The third-order valence-electron chi connectivity index (χ3n) is 4.95. The van der Waals surface area contributed by atoms with Gasteiger partial charge in [-0.2, -0.15) is 4.98 Å². The minimum absolute atomic E-state index is 0.127. The molecule has 1 N–H and O–H groups in total. The molecule has 7 nitrogen and oxygen atoms in total. The fraction of sp³-hybridized carbons (Fsp3) is 0.286. The Balaban J connectivity index is 1.34. The highest BCUT2D eigenvalue weighted by atomic mass is 35.5. The topological polar surface area (TPSA) is 74.5 Å². The molecule has 2 amide bonds. The van der Waals surface area contributed by atoms with Gasteiger partial charge in [0.1, 0.15) is 0 Å². The Morgan fingerprint density at radius 1 is 1.07 bits per heavy atom. The maximum atomic E-state index is 12.6. The lowest BCUT2D eigenvalue weighted by Crippen LogP contribution is -2.50. The molecule has 29 heavy (non-hydrogen) atoms. The molecule has 2 aromatic carbocycles. The van der Waals surface area contributed by atoms with E-state index in [0.29, 0.717) is 35.5 Å². The van der Waals surface area contributed by atoms with E-state index in [4.69, 9.17) is 16.1 Å². The van der Waals surface area contributed by atoms with Gasteiger partial charge in [-0.15, -0.1) is 0 Å². The summed E-state index contributed by atoms with van der Waals surface area (Å²) in [6.45, 7) is 6.54. The number of carbonyl (C=O) groups is 1. The molecule has 0 spiro atoms. The van der Waals surface area contributed by atoms with Crippen molar-refractivity contribution in [3.05, 3.63) is 58.9 Å². The largest absolute Gasteiger partial charge is 0.368 e. The van der Waals surface area contributed by atoms with Crippen molar-refractivity contribution in [2.75, 3.05) is 36.4 Å². The second-order valence-electron chi connectivity index (χ2n) is 7.07. The monoisotopic (exact) mass is 411 g/mol. The first-order chi connectivity index (χ1) is 14.0. The number of piperazine rings is 1. The molecule has 8 heteroatoms. The van der Waals surface area contributed by atoms with Crippen molar-refractivity contribution in [2.24, 2.45) is 0 Å². The molecule has 0 radical (unpaired) electrons. The van der Waals surface area contributed by atoms with Gasteiger partial charge in [0, 0.05) is 44.4 Å². The summed E-state index contributed by atoms with van der Waals surface area (Å²) in [6, 6.07) is 13.5. The van der Waals surface area contributed by atoms with Crippen LogP contribution in [-0.4, -0.2) is 47.3 Å². The highest BCUT2D eigenvalue weighted by Crippen LogP contribution is 2.24. The number of carbonyl (C=O) groups excluding carboxylic acids is 1. The molecular formula is C21H22ClN5O2. The van der Waals surface area contributed by atoms with E-state index in [0.717, 1.165) is 29.9 Å². The number of anilines is 2. The Kier molecular flexibility index (Phi) is 5.40. The number of hydrogen-bond acceptors (Lipinski definition) is 5. The van der Waals surface area contributed by atoms with Crippen LogP contribution in [0.4, 0.5) is 16.2 Å². The van der Waals surface area contributed by atoms with Crippen LogP contribution >= 0.6 is 11.6 Å². The third-order valence-corrected chi connectivity index (χ3v) is 5.26. The average molecular weight is 412 g/mol. The van der Waals surface area contributed by atoms with Crippen molar-refractivity contribution in [2.45, 2.75) is 13.8 Å². The van der Waals surface area contributed by atoms with Gasteiger partial charge in [-0.05, 0) is 48.9 Å². The Hall–Kier alpha value is -3.06. The fourth-order valence-electron chi connectivity index (χ4n) is 3.32. The van der Waals surface area contributed by atoms with Gasteiger partial charge in [0.2, 0.25) is 11.7 Å². The van der Waals surface area contributed by atoms with Crippen LogP contribution < -0.4 is 10.2 Å². The number of rotatable bonds is 3. The zero-order chi connectivity index (χ0) is 20.4. The van der Waals surface area contributed by atoms with E-state index < -0.39 is 0 Å². The first-order valence-electron chi connectivity index (χ1n) is 9.47. The zero-order valence-corrected chi connectivity index (χ0v) is 17.1. The van der Waals surface area contributed by atoms with Crippen molar-refractivity contribution in [3.63, 3.8) is 0 Å². The number of hydrogen-bond donors (Lipinski definition) is 1. The summed E-state index contributed by atoms with van der Waals surface area (Å²) in [5.41, 5.74) is 3.72. The van der Waals surface area contributed by atoms with E-state index in [1.165, 1.54) is 0 Å². The van der Waals surface area contributed by atoms with E-state index in [1.807, 2.05) is 54.3 Å². The highest BCUT2D eigenvalue weighted by molar-refractivity contribution is 6.33. The molecule has 0 bridgehead atoms. The molecular weight excluding hydrogens is 390 g/mol. The van der Waals surface area contributed by atoms with Gasteiger partial charge >= 0.3 is 6.03 Å². The van der Waals surface area contributed by atoms with Crippen LogP contribution in [0.2, 0.25) is 5.02 Å². The standard InChI is InChI=1S/C21H22ClN5O2/c1-14-3-8-19(18(22)13-14)24-21(28)27-11-9-26(10-12-27)17-6-4-16(5-7-17)20-23-15(2)29-25-20/h3-8,13H,9-12H2,1-2H3,(H,24,28). The van der Waals surface area contributed by atoms with Crippen LogP contribution in [0, 0.1) is 13.8 Å². The van der Waals surface area contributed by atoms with Gasteiger partial charge in [0.05, 0.1) is 10.7 Å². The predicted octanol–water partition coefficient (Wildman–Crippen LogP) is 4.36. The predicted molar refractivity (Wildman–Crippen MR) is 113 cm³/mol. The van der Waals surface area contributed by atoms with Crippen LogP contribution in [0.1, 0.15) is 11.5 Å². The van der Waals surface area contributed by atoms with Crippen molar-refractivity contribution in [1.29, 1.82) is 0 Å². The summed E-state index contributed by atoms with van der Waals surface area (Å²) in [5, 5.41) is 7.40. The maximum absolute atomic E-state index is 12.6. The lowest BCUT2D eigenvalue weighted by atomic mass is 10.1. The van der Waals surface area contributed by atoms with Crippen molar-refractivity contribution < 1.29 is 9.32 Å². The lowest BCUT2D eigenvalue weighted by molar-refractivity contribution is 0.208. The molecule has 0 unspecified atom stereocenters. The summed E-state index contributed by atoms with van der Waals surface area (Å²) >= 11 is 6.22. The van der Waals surface area contributed by atoms with Crippen molar-refractivity contribution in [3.8, 4) is 11.4 Å². The molecule has 0 atom stereocenters. The average Bonchev–Trinajstić information content (AvgIpc) is 3.17.